The van der Waals surface area contributed by atoms with Gasteiger partial charge in [-0.25, -0.2) is 0 Å². The highest BCUT2D eigenvalue weighted by Gasteiger charge is 2.23. The molecule has 1 N–H and O–H groups in total. The summed E-state index contributed by atoms with van der Waals surface area (Å²) in [4.78, 5) is 15.4. The summed E-state index contributed by atoms with van der Waals surface area (Å²) in [5.41, 5.74) is 1.38. The first kappa shape index (κ1) is 15.0. The summed E-state index contributed by atoms with van der Waals surface area (Å²) in [5, 5.41) is 8.73. The fraction of sp³-hybridized carbons (Fsp3) is 0.562. The lowest BCUT2D eigenvalue weighted by atomic mass is 10.0. The lowest BCUT2D eigenvalue weighted by Gasteiger charge is -2.39. The number of hydrogen-bond donors (Lipinski definition) is 1. The summed E-state index contributed by atoms with van der Waals surface area (Å²) in [7, 11) is 0. The molecule has 1 heterocycles. The van der Waals surface area contributed by atoms with Crippen LogP contribution in [0, 0.1) is 0 Å². The number of hydrogen-bond acceptors (Lipinski definition) is 3. The molecule has 0 spiro atoms. The Morgan fingerprint density at radius 1 is 1.20 bits per heavy atom. The van der Waals surface area contributed by atoms with Gasteiger partial charge in [-0.15, -0.1) is 0 Å². The van der Waals surface area contributed by atoms with Gasteiger partial charge in [0.15, 0.2) is 0 Å². The third-order valence-electron chi connectivity index (χ3n) is 4.06. The largest absolute Gasteiger partial charge is 0.481 e. The highest BCUT2D eigenvalue weighted by Crippen LogP contribution is 2.25. The van der Waals surface area contributed by atoms with Crippen LogP contribution < -0.4 is 0 Å². The van der Waals surface area contributed by atoms with Crippen molar-refractivity contribution in [3.8, 4) is 0 Å². The van der Waals surface area contributed by atoms with Gasteiger partial charge >= 0.3 is 5.97 Å². The SMILES string of the molecule is CCC(c1ccccc1)N1CCN(CCC(=O)O)CC1. The van der Waals surface area contributed by atoms with E-state index in [0.717, 1.165) is 32.6 Å². The Labute approximate surface area is 121 Å². The summed E-state index contributed by atoms with van der Waals surface area (Å²) in [6.45, 7) is 6.88. The topological polar surface area (TPSA) is 43.8 Å². The lowest BCUT2D eigenvalue weighted by Crippen LogP contribution is -2.47. The fourth-order valence-electron chi connectivity index (χ4n) is 2.93. The maximum atomic E-state index is 10.6. The zero-order valence-corrected chi connectivity index (χ0v) is 12.2. The van der Waals surface area contributed by atoms with E-state index in [4.69, 9.17) is 5.11 Å². The Morgan fingerprint density at radius 2 is 1.85 bits per heavy atom. The average molecular weight is 276 g/mol. The first-order valence-electron chi connectivity index (χ1n) is 7.44. The smallest absolute Gasteiger partial charge is 0.304 e. The van der Waals surface area contributed by atoms with Crippen molar-refractivity contribution in [3.63, 3.8) is 0 Å². The Bertz CT molecular complexity index is 414. The van der Waals surface area contributed by atoms with Crippen LogP contribution in [-0.4, -0.2) is 53.6 Å². The molecule has 20 heavy (non-hydrogen) atoms. The van der Waals surface area contributed by atoms with E-state index >= 15 is 0 Å². The van der Waals surface area contributed by atoms with Crippen molar-refractivity contribution in [2.45, 2.75) is 25.8 Å². The molecule has 1 saturated heterocycles. The van der Waals surface area contributed by atoms with Gasteiger partial charge in [-0.3, -0.25) is 9.69 Å². The highest BCUT2D eigenvalue weighted by atomic mass is 16.4. The van der Waals surface area contributed by atoms with Gasteiger partial charge in [0.05, 0.1) is 6.42 Å². The normalized spacial score (nSPS) is 18.9. The molecule has 1 aromatic carbocycles. The molecule has 110 valence electrons. The number of piperazine rings is 1. The van der Waals surface area contributed by atoms with Crippen LogP contribution in [-0.2, 0) is 4.79 Å². The number of carboxylic acid groups (broad SMARTS) is 1. The van der Waals surface area contributed by atoms with Gasteiger partial charge in [0.25, 0.3) is 0 Å². The van der Waals surface area contributed by atoms with Gasteiger partial charge in [-0.2, -0.15) is 0 Å². The molecule has 0 amide bonds. The predicted octanol–water partition coefficient (Wildman–Crippen LogP) is 2.23. The minimum Gasteiger partial charge on any atom is -0.481 e. The molecule has 4 nitrogen and oxygen atoms in total. The minimum atomic E-state index is -0.705. The summed E-state index contributed by atoms with van der Waals surface area (Å²) >= 11 is 0. The van der Waals surface area contributed by atoms with Crippen LogP contribution in [0.2, 0.25) is 0 Å². The zero-order valence-electron chi connectivity index (χ0n) is 12.2. The molecule has 1 aromatic rings. The molecule has 1 aliphatic rings. The molecule has 0 aliphatic carbocycles. The van der Waals surface area contributed by atoms with E-state index in [0.29, 0.717) is 12.6 Å². The Balaban J connectivity index is 1.87. The van der Waals surface area contributed by atoms with Crippen LogP contribution in [0.5, 0.6) is 0 Å². The molecule has 0 saturated carbocycles. The second-order valence-corrected chi connectivity index (χ2v) is 5.36. The van der Waals surface area contributed by atoms with E-state index in [1.165, 1.54) is 5.56 Å². The molecule has 0 bridgehead atoms. The van der Waals surface area contributed by atoms with Crippen LogP contribution in [0.4, 0.5) is 0 Å². The van der Waals surface area contributed by atoms with Crippen molar-refractivity contribution < 1.29 is 9.90 Å². The molecule has 0 radical (unpaired) electrons. The van der Waals surface area contributed by atoms with E-state index in [2.05, 4.69) is 47.1 Å². The van der Waals surface area contributed by atoms with Gasteiger partial charge in [0.2, 0.25) is 0 Å². The van der Waals surface area contributed by atoms with Gasteiger partial charge in [0.1, 0.15) is 0 Å². The molecular formula is C16H24N2O2. The molecule has 1 fully saturated rings. The summed E-state index contributed by atoms with van der Waals surface area (Å²) in [6, 6.07) is 11.1. The van der Waals surface area contributed by atoms with Crippen LogP contribution in [0.1, 0.15) is 31.4 Å². The Kier molecular flexibility index (Phi) is 5.56. The number of benzene rings is 1. The second kappa shape index (κ2) is 7.41. The average Bonchev–Trinajstić information content (AvgIpc) is 2.48. The van der Waals surface area contributed by atoms with Crippen LogP contribution in [0.25, 0.3) is 0 Å². The van der Waals surface area contributed by atoms with E-state index in [1.54, 1.807) is 0 Å². The molecule has 0 aromatic heterocycles. The van der Waals surface area contributed by atoms with E-state index in [9.17, 15) is 4.79 Å². The fourth-order valence-corrected chi connectivity index (χ4v) is 2.93. The predicted molar refractivity (Wildman–Crippen MR) is 79.7 cm³/mol. The van der Waals surface area contributed by atoms with Crippen LogP contribution in [0.3, 0.4) is 0 Å². The first-order valence-corrected chi connectivity index (χ1v) is 7.44. The number of rotatable bonds is 6. The standard InChI is InChI=1S/C16H24N2O2/c1-2-15(14-6-4-3-5-7-14)18-12-10-17(11-13-18)9-8-16(19)20/h3-7,15H,2,8-13H2,1H3,(H,19,20). The van der Waals surface area contributed by atoms with Crippen molar-refractivity contribution in [1.29, 1.82) is 0 Å². The van der Waals surface area contributed by atoms with Crippen molar-refractivity contribution in [1.82, 2.24) is 9.80 Å². The van der Waals surface area contributed by atoms with Crippen molar-refractivity contribution >= 4 is 5.97 Å². The van der Waals surface area contributed by atoms with E-state index in [1.807, 2.05) is 0 Å². The van der Waals surface area contributed by atoms with Gasteiger partial charge in [-0.05, 0) is 12.0 Å². The van der Waals surface area contributed by atoms with Crippen molar-refractivity contribution in [2.24, 2.45) is 0 Å². The van der Waals surface area contributed by atoms with Crippen molar-refractivity contribution in [2.75, 3.05) is 32.7 Å². The number of carboxylic acids is 1. The number of aliphatic carboxylic acids is 1. The first-order chi connectivity index (χ1) is 9.70. The number of nitrogens with zero attached hydrogens (tertiary/aromatic N) is 2. The molecule has 1 atom stereocenters. The summed E-state index contributed by atoms with van der Waals surface area (Å²) < 4.78 is 0. The molecule has 4 heteroatoms. The van der Waals surface area contributed by atoms with Gasteiger partial charge < -0.3 is 10.0 Å². The van der Waals surface area contributed by atoms with E-state index < -0.39 is 5.97 Å². The summed E-state index contributed by atoms with van der Waals surface area (Å²) in [6.07, 6.45) is 1.36. The molecule has 1 aliphatic heterocycles. The molecule has 1 unspecified atom stereocenters. The maximum Gasteiger partial charge on any atom is 0.304 e. The van der Waals surface area contributed by atoms with Crippen LogP contribution in [0.15, 0.2) is 30.3 Å². The van der Waals surface area contributed by atoms with Crippen LogP contribution >= 0.6 is 0 Å². The number of carbonyl (C=O) groups is 1. The van der Waals surface area contributed by atoms with Gasteiger partial charge in [-0.1, -0.05) is 37.3 Å². The minimum absolute atomic E-state index is 0.246. The van der Waals surface area contributed by atoms with Crippen molar-refractivity contribution in [3.05, 3.63) is 35.9 Å². The molecular weight excluding hydrogens is 252 g/mol. The third kappa shape index (κ3) is 4.05. The third-order valence-corrected chi connectivity index (χ3v) is 4.06. The van der Waals surface area contributed by atoms with Gasteiger partial charge in [0, 0.05) is 38.8 Å². The Morgan fingerprint density at radius 3 is 2.40 bits per heavy atom. The van der Waals surface area contributed by atoms with E-state index in [-0.39, 0.29) is 6.42 Å². The summed E-state index contributed by atoms with van der Waals surface area (Å²) in [5.74, 6) is -0.705. The monoisotopic (exact) mass is 276 g/mol. The second-order valence-electron chi connectivity index (χ2n) is 5.36. The lowest BCUT2D eigenvalue weighted by molar-refractivity contribution is -0.137. The Hall–Kier alpha value is -1.39. The zero-order chi connectivity index (χ0) is 14.4. The highest BCUT2D eigenvalue weighted by molar-refractivity contribution is 5.66. The maximum absolute atomic E-state index is 10.6. The quantitative estimate of drug-likeness (QED) is 0.865. The molecule has 2 rings (SSSR count).